The van der Waals surface area contributed by atoms with Crippen molar-refractivity contribution >= 4 is 18.4 Å². The molecule has 1 N–H and O–H groups in total. The molecule has 1 aromatic heterocycles. The van der Waals surface area contributed by atoms with Crippen molar-refractivity contribution in [3.63, 3.8) is 0 Å². The number of nitrogens with zero attached hydrogens (tertiary/aromatic N) is 2. The van der Waals surface area contributed by atoms with Gasteiger partial charge in [0.25, 0.3) is 0 Å². The minimum atomic E-state index is -0.369. The maximum absolute atomic E-state index is 11.6. The zero-order valence-electron chi connectivity index (χ0n) is 13.4. The lowest BCUT2D eigenvalue weighted by atomic mass is 9.92. The number of methoxy groups -OCH3 is 1. The lowest BCUT2D eigenvalue weighted by molar-refractivity contribution is 0.0601. The van der Waals surface area contributed by atoms with Crippen LogP contribution >= 0.6 is 12.4 Å². The number of aromatic nitrogens is 2. The number of nitrogens with one attached hydrogen (secondary N) is 1. The van der Waals surface area contributed by atoms with Crippen LogP contribution in [0.1, 0.15) is 41.4 Å². The van der Waals surface area contributed by atoms with Gasteiger partial charge in [-0.05, 0) is 49.9 Å². The number of carbonyl (C=O) groups is 1. The van der Waals surface area contributed by atoms with Gasteiger partial charge in [0.2, 0.25) is 11.7 Å². The van der Waals surface area contributed by atoms with E-state index in [1.54, 1.807) is 18.2 Å². The van der Waals surface area contributed by atoms with Gasteiger partial charge in [-0.2, -0.15) is 4.98 Å². The fourth-order valence-corrected chi connectivity index (χ4v) is 3.57. The van der Waals surface area contributed by atoms with Crippen LogP contribution in [0.15, 0.2) is 28.8 Å². The molecule has 1 unspecified atom stereocenters. The molecule has 2 aromatic rings. The highest BCUT2D eigenvalue weighted by molar-refractivity contribution is 5.90. The van der Waals surface area contributed by atoms with E-state index in [-0.39, 0.29) is 18.4 Å². The number of halogens is 1. The Balaban J connectivity index is 0.00000169. The highest BCUT2D eigenvalue weighted by Gasteiger charge is 2.57. The minimum Gasteiger partial charge on any atom is -0.465 e. The van der Waals surface area contributed by atoms with E-state index in [4.69, 9.17) is 9.26 Å². The fourth-order valence-electron chi connectivity index (χ4n) is 3.57. The van der Waals surface area contributed by atoms with Crippen LogP contribution in [0.25, 0.3) is 11.4 Å². The molecule has 6 nitrogen and oxygen atoms in total. The van der Waals surface area contributed by atoms with Gasteiger partial charge < -0.3 is 14.6 Å². The Morgan fingerprint density at radius 1 is 1.38 bits per heavy atom. The van der Waals surface area contributed by atoms with Crippen molar-refractivity contribution in [1.29, 1.82) is 0 Å². The van der Waals surface area contributed by atoms with Crippen molar-refractivity contribution in [3.8, 4) is 11.4 Å². The van der Waals surface area contributed by atoms with E-state index < -0.39 is 0 Å². The van der Waals surface area contributed by atoms with E-state index in [0.29, 0.717) is 22.7 Å². The molecule has 4 rings (SSSR count). The molecule has 0 radical (unpaired) electrons. The summed E-state index contributed by atoms with van der Waals surface area (Å²) in [7, 11) is 1.37. The molecule has 2 heterocycles. The first-order chi connectivity index (χ1) is 11.2. The van der Waals surface area contributed by atoms with E-state index in [2.05, 4.69) is 15.5 Å². The third-order valence-electron chi connectivity index (χ3n) is 5.07. The van der Waals surface area contributed by atoms with Gasteiger partial charge in [0.1, 0.15) is 0 Å². The SMILES string of the molecule is COC(=O)c1cccc(-c2noc(C3CC34CCNCC4)n2)c1.Cl. The number of ether oxygens (including phenoxy) is 1. The minimum absolute atomic E-state index is 0. The molecule has 24 heavy (non-hydrogen) atoms. The summed E-state index contributed by atoms with van der Waals surface area (Å²) < 4.78 is 10.2. The normalized spacial score (nSPS) is 21.1. The summed E-state index contributed by atoms with van der Waals surface area (Å²) in [6, 6.07) is 7.10. The molecule has 1 aliphatic heterocycles. The van der Waals surface area contributed by atoms with Crippen molar-refractivity contribution in [2.75, 3.05) is 20.2 Å². The molecule has 128 valence electrons. The predicted octanol–water partition coefficient (Wildman–Crippen LogP) is 2.80. The summed E-state index contributed by atoms with van der Waals surface area (Å²) in [5.41, 5.74) is 1.61. The molecule has 1 aromatic carbocycles. The number of esters is 1. The van der Waals surface area contributed by atoms with Crippen LogP contribution in [-0.4, -0.2) is 36.3 Å². The Labute approximate surface area is 146 Å². The summed E-state index contributed by atoms with van der Waals surface area (Å²) in [6.07, 6.45) is 3.49. The zero-order valence-corrected chi connectivity index (χ0v) is 14.3. The predicted molar refractivity (Wildman–Crippen MR) is 90.2 cm³/mol. The molecule has 2 aliphatic rings. The Hall–Kier alpha value is -1.92. The Bertz CT molecular complexity index is 740. The summed E-state index contributed by atoms with van der Waals surface area (Å²) in [5, 5.41) is 7.49. The second-order valence-electron chi connectivity index (χ2n) is 6.40. The van der Waals surface area contributed by atoms with Crippen LogP contribution in [0.2, 0.25) is 0 Å². The average Bonchev–Trinajstić information content (AvgIpc) is 3.07. The lowest BCUT2D eigenvalue weighted by Gasteiger charge is -2.22. The van der Waals surface area contributed by atoms with Crippen molar-refractivity contribution in [2.24, 2.45) is 5.41 Å². The second-order valence-corrected chi connectivity index (χ2v) is 6.40. The first-order valence-corrected chi connectivity index (χ1v) is 7.95. The highest BCUT2D eigenvalue weighted by Crippen LogP contribution is 2.63. The van der Waals surface area contributed by atoms with Crippen LogP contribution in [0, 0.1) is 5.41 Å². The molecular formula is C17H20ClN3O3. The second kappa shape index (κ2) is 6.53. The number of hydrogen-bond acceptors (Lipinski definition) is 6. The fraction of sp³-hybridized carbons (Fsp3) is 0.471. The smallest absolute Gasteiger partial charge is 0.337 e. The maximum Gasteiger partial charge on any atom is 0.337 e. The number of rotatable bonds is 3. The monoisotopic (exact) mass is 349 g/mol. The van der Waals surface area contributed by atoms with Gasteiger partial charge in [-0.1, -0.05) is 17.3 Å². The molecule has 0 bridgehead atoms. The average molecular weight is 350 g/mol. The molecule has 2 fully saturated rings. The third kappa shape index (κ3) is 2.91. The van der Waals surface area contributed by atoms with Gasteiger partial charge >= 0.3 is 5.97 Å². The van der Waals surface area contributed by atoms with E-state index in [9.17, 15) is 4.79 Å². The van der Waals surface area contributed by atoms with Crippen molar-refractivity contribution in [2.45, 2.75) is 25.2 Å². The molecule has 1 aliphatic carbocycles. The summed E-state index contributed by atoms with van der Waals surface area (Å²) >= 11 is 0. The molecule has 0 amide bonds. The molecular weight excluding hydrogens is 330 g/mol. The topological polar surface area (TPSA) is 77.2 Å². The zero-order chi connectivity index (χ0) is 15.9. The van der Waals surface area contributed by atoms with Crippen molar-refractivity contribution in [1.82, 2.24) is 15.5 Å². The lowest BCUT2D eigenvalue weighted by Crippen LogP contribution is -2.29. The van der Waals surface area contributed by atoms with Gasteiger partial charge in [-0.15, -0.1) is 12.4 Å². The number of benzene rings is 1. The van der Waals surface area contributed by atoms with Gasteiger partial charge in [0, 0.05) is 11.5 Å². The quantitative estimate of drug-likeness (QED) is 0.858. The Morgan fingerprint density at radius 3 is 2.92 bits per heavy atom. The first-order valence-electron chi connectivity index (χ1n) is 7.95. The number of carbonyl (C=O) groups excluding carboxylic acids is 1. The Kier molecular flexibility index (Phi) is 4.60. The molecule has 1 saturated heterocycles. The van der Waals surface area contributed by atoms with Crippen molar-refractivity contribution in [3.05, 3.63) is 35.7 Å². The molecule has 1 atom stereocenters. The standard InChI is InChI=1S/C17H19N3O3.ClH/c1-22-16(21)12-4-2-3-11(9-12)14-19-15(23-20-14)13-10-17(13)5-7-18-8-6-17;/h2-4,9,13,18H,5-8,10H2,1H3;1H. The number of piperidine rings is 1. The van der Waals surface area contributed by atoms with Crippen LogP contribution < -0.4 is 5.32 Å². The van der Waals surface area contributed by atoms with Gasteiger partial charge in [0.15, 0.2) is 0 Å². The molecule has 1 saturated carbocycles. The highest BCUT2D eigenvalue weighted by atomic mass is 35.5. The van der Waals surface area contributed by atoms with Gasteiger partial charge in [0.05, 0.1) is 12.7 Å². The van der Waals surface area contributed by atoms with Gasteiger partial charge in [-0.3, -0.25) is 0 Å². The molecule has 1 spiro atoms. The van der Waals surface area contributed by atoms with Crippen LogP contribution in [0.5, 0.6) is 0 Å². The number of hydrogen-bond donors (Lipinski definition) is 1. The van der Waals surface area contributed by atoms with Crippen LogP contribution in [0.3, 0.4) is 0 Å². The van der Waals surface area contributed by atoms with Crippen LogP contribution in [-0.2, 0) is 4.74 Å². The Morgan fingerprint density at radius 2 is 2.17 bits per heavy atom. The largest absolute Gasteiger partial charge is 0.465 e. The van der Waals surface area contributed by atoms with E-state index in [1.165, 1.54) is 20.0 Å². The summed E-state index contributed by atoms with van der Waals surface area (Å²) in [4.78, 5) is 16.2. The van der Waals surface area contributed by atoms with E-state index in [0.717, 1.165) is 31.0 Å². The molecule has 7 heteroatoms. The van der Waals surface area contributed by atoms with Crippen molar-refractivity contribution < 1.29 is 14.1 Å². The maximum atomic E-state index is 11.6. The first kappa shape index (κ1) is 16.9. The third-order valence-corrected chi connectivity index (χ3v) is 5.07. The van der Waals surface area contributed by atoms with E-state index >= 15 is 0 Å². The van der Waals surface area contributed by atoms with E-state index in [1.807, 2.05) is 6.07 Å². The van der Waals surface area contributed by atoms with Gasteiger partial charge in [-0.25, -0.2) is 4.79 Å². The summed E-state index contributed by atoms with van der Waals surface area (Å²) in [5.74, 6) is 1.27. The van der Waals surface area contributed by atoms with Crippen LogP contribution in [0.4, 0.5) is 0 Å². The summed E-state index contributed by atoms with van der Waals surface area (Å²) in [6.45, 7) is 2.14.